The molecule has 1 heterocycles. The summed E-state index contributed by atoms with van der Waals surface area (Å²) in [6, 6.07) is -1.06. The summed E-state index contributed by atoms with van der Waals surface area (Å²) < 4.78 is 5.19. The number of aldehydes is 1. The van der Waals surface area contributed by atoms with E-state index in [9.17, 15) is 14.4 Å². The second-order valence-electron chi connectivity index (χ2n) is 6.75. The van der Waals surface area contributed by atoms with Crippen LogP contribution < -0.4 is 5.32 Å². The summed E-state index contributed by atoms with van der Waals surface area (Å²) in [5.74, 6) is -0.302. The highest BCUT2D eigenvalue weighted by atomic mass is 16.6. The predicted octanol–water partition coefficient (Wildman–Crippen LogP) is 1.73. The second-order valence-corrected chi connectivity index (χ2v) is 6.75. The normalized spacial score (nSPS) is 20.3. The third-order valence-corrected chi connectivity index (χ3v) is 3.34. The van der Waals surface area contributed by atoms with Gasteiger partial charge in [-0.3, -0.25) is 4.79 Å². The maximum Gasteiger partial charge on any atom is 0.408 e. The lowest BCUT2D eigenvalue weighted by atomic mass is 10.0. The Balaban J connectivity index is 2.75. The molecule has 1 N–H and O–H groups in total. The van der Waals surface area contributed by atoms with Crippen LogP contribution in [0.1, 0.15) is 47.5 Å². The van der Waals surface area contributed by atoms with Gasteiger partial charge in [-0.2, -0.15) is 0 Å². The zero-order valence-electron chi connectivity index (χ0n) is 13.5. The molecule has 0 bridgehead atoms. The van der Waals surface area contributed by atoms with Crippen LogP contribution in [0.5, 0.6) is 0 Å². The number of nitrogens with one attached hydrogen (secondary N) is 1. The second kappa shape index (κ2) is 6.91. The molecule has 120 valence electrons. The van der Waals surface area contributed by atoms with Crippen LogP contribution in [-0.2, 0) is 14.3 Å². The Morgan fingerprint density at radius 2 is 1.95 bits per heavy atom. The topological polar surface area (TPSA) is 75.7 Å². The van der Waals surface area contributed by atoms with E-state index < -0.39 is 17.7 Å². The molecule has 1 fully saturated rings. The van der Waals surface area contributed by atoms with Gasteiger partial charge in [0.2, 0.25) is 5.91 Å². The molecule has 0 aliphatic carbocycles. The number of ether oxygens (including phenoxy) is 1. The molecule has 6 heteroatoms. The lowest BCUT2D eigenvalue weighted by Crippen LogP contribution is -2.53. The van der Waals surface area contributed by atoms with Crippen molar-refractivity contribution >= 4 is 18.3 Å². The zero-order chi connectivity index (χ0) is 16.2. The fourth-order valence-corrected chi connectivity index (χ4v) is 2.33. The molecule has 1 saturated heterocycles. The van der Waals surface area contributed by atoms with Gasteiger partial charge in [0.15, 0.2) is 0 Å². The first-order valence-corrected chi connectivity index (χ1v) is 7.41. The van der Waals surface area contributed by atoms with Crippen LogP contribution in [0.2, 0.25) is 0 Å². The fraction of sp³-hybridized carbons (Fsp3) is 0.800. The summed E-state index contributed by atoms with van der Waals surface area (Å²) >= 11 is 0. The van der Waals surface area contributed by atoms with Crippen molar-refractivity contribution < 1.29 is 19.1 Å². The van der Waals surface area contributed by atoms with Crippen molar-refractivity contribution in [2.45, 2.75) is 65.1 Å². The van der Waals surface area contributed by atoms with Gasteiger partial charge in [0.05, 0.1) is 6.04 Å². The smallest absolute Gasteiger partial charge is 0.408 e. The minimum Gasteiger partial charge on any atom is -0.444 e. The Hall–Kier alpha value is -1.59. The van der Waals surface area contributed by atoms with E-state index in [0.717, 1.165) is 12.7 Å². The van der Waals surface area contributed by atoms with Crippen molar-refractivity contribution in [2.75, 3.05) is 6.54 Å². The number of alkyl carbamates (subject to hydrolysis) is 1. The molecule has 21 heavy (non-hydrogen) atoms. The number of rotatable bonds is 4. The largest absolute Gasteiger partial charge is 0.444 e. The van der Waals surface area contributed by atoms with Crippen LogP contribution in [0.4, 0.5) is 4.79 Å². The van der Waals surface area contributed by atoms with Crippen LogP contribution in [0, 0.1) is 5.92 Å². The van der Waals surface area contributed by atoms with Gasteiger partial charge in [0.25, 0.3) is 0 Å². The molecule has 0 unspecified atom stereocenters. The fourth-order valence-electron chi connectivity index (χ4n) is 2.33. The molecule has 1 rings (SSSR count). The van der Waals surface area contributed by atoms with Gasteiger partial charge in [0, 0.05) is 6.54 Å². The van der Waals surface area contributed by atoms with E-state index >= 15 is 0 Å². The molecule has 2 atom stereocenters. The number of hydrogen-bond donors (Lipinski definition) is 1. The lowest BCUT2D eigenvalue weighted by molar-refractivity contribution is -0.137. The number of amides is 2. The monoisotopic (exact) mass is 298 g/mol. The standard InChI is InChI=1S/C15H26N2O4/c1-10(2)12(16-14(20)21-15(3,4)5)13(19)17-8-6-7-11(17)9-18/h9-12H,6-8H2,1-5H3,(H,16,20)/t11-,12-/m0/s1. The van der Waals surface area contributed by atoms with Crippen molar-refractivity contribution in [1.82, 2.24) is 10.2 Å². The molecule has 0 spiro atoms. The first kappa shape index (κ1) is 17.5. The molecule has 0 aromatic rings. The van der Waals surface area contributed by atoms with Gasteiger partial charge in [-0.25, -0.2) is 4.79 Å². The minimum atomic E-state index is -0.680. The molecule has 0 aromatic carbocycles. The summed E-state index contributed by atoms with van der Waals surface area (Å²) in [4.78, 5) is 37.0. The summed E-state index contributed by atoms with van der Waals surface area (Å²) in [5.41, 5.74) is -0.617. The van der Waals surface area contributed by atoms with Gasteiger partial charge in [-0.1, -0.05) is 13.8 Å². The van der Waals surface area contributed by atoms with Crippen LogP contribution >= 0.6 is 0 Å². The van der Waals surface area contributed by atoms with E-state index in [4.69, 9.17) is 4.74 Å². The highest BCUT2D eigenvalue weighted by molar-refractivity contribution is 5.88. The number of carbonyl (C=O) groups excluding carboxylic acids is 3. The van der Waals surface area contributed by atoms with E-state index in [1.54, 1.807) is 25.7 Å². The highest BCUT2D eigenvalue weighted by Crippen LogP contribution is 2.19. The number of nitrogens with zero attached hydrogens (tertiary/aromatic N) is 1. The summed E-state index contributed by atoms with van der Waals surface area (Å²) in [6.45, 7) is 9.56. The van der Waals surface area contributed by atoms with Crippen LogP contribution in [0.25, 0.3) is 0 Å². The van der Waals surface area contributed by atoms with E-state index in [2.05, 4.69) is 5.32 Å². The Morgan fingerprint density at radius 1 is 1.33 bits per heavy atom. The van der Waals surface area contributed by atoms with Crippen molar-refractivity contribution in [2.24, 2.45) is 5.92 Å². The quantitative estimate of drug-likeness (QED) is 0.802. The molecule has 0 aromatic heterocycles. The predicted molar refractivity (Wildman–Crippen MR) is 78.8 cm³/mol. The maximum atomic E-state index is 12.6. The number of likely N-dealkylation sites (tertiary alicyclic amines) is 1. The molecular formula is C15H26N2O4. The van der Waals surface area contributed by atoms with Gasteiger partial charge in [-0.05, 0) is 39.5 Å². The average Bonchev–Trinajstić information content (AvgIpc) is 2.80. The lowest BCUT2D eigenvalue weighted by Gasteiger charge is -2.30. The Kier molecular flexibility index (Phi) is 5.75. The van der Waals surface area contributed by atoms with E-state index in [-0.39, 0.29) is 17.9 Å². The summed E-state index contributed by atoms with van der Waals surface area (Å²) in [6.07, 6.45) is 1.69. The zero-order valence-corrected chi connectivity index (χ0v) is 13.5. The Bertz CT molecular complexity index is 401. The SMILES string of the molecule is CC(C)[C@H](NC(=O)OC(C)(C)C)C(=O)N1CCC[C@H]1C=O. The maximum absolute atomic E-state index is 12.6. The number of carbonyl (C=O) groups is 3. The van der Waals surface area contributed by atoms with Crippen molar-refractivity contribution in [1.29, 1.82) is 0 Å². The molecule has 1 aliphatic heterocycles. The van der Waals surface area contributed by atoms with Crippen molar-refractivity contribution in [3.63, 3.8) is 0 Å². The van der Waals surface area contributed by atoms with Crippen LogP contribution in [-0.4, -0.2) is 47.4 Å². The van der Waals surface area contributed by atoms with E-state index in [0.29, 0.717) is 13.0 Å². The minimum absolute atomic E-state index is 0.0853. The number of hydrogen-bond acceptors (Lipinski definition) is 4. The van der Waals surface area contributed by atoms with E-state index in [1.165, 1.54) is 0 Å². The summed E-state index contributed by atoms with van der Waals surface area (Å²) in [5, 5.41) is 2.63. The van der Waals surface area contributed by atoms with E-state index in [1.807, 2.05) is 13.8 Å². The molecule has 6 nitrogen and oxygen atoms in total. The van der Waals surface area contributed by atoms with Gasteiger partial charge >= 0.3 is 6.09 Å². The highest BCUT2D eigenvalue weighted by Gasteiger charge is 2.35. The third-order valence-electron chi connectivity index (χ3n) is 3.34. The molecule has 2 amide bonds. The van der Waals surface area contributed by atoms with Gasteiger partial charge in [-0.15, -0.1) is 0 Å². The summed E-state index contributed by atoms with van der Waals surface area (Å²) in [7, 11) is 0. The molecular weight excluding hydrogens is 272 g/mol. The first-order chi connectivity index (χ1) is 9.65. The van der Waals surface area contributed by atoms with Crippen molar-refractivity contribution in [3.05, 3.63) is 0 Å². The molecule has 0 saturated carbocycles. The Labute approximate surface area is 126 Å². The molecule has 0 radical (unpaired) electrons. The van der Waals surface area contributed by atoms with Crippen LogP contribution in [0.15, 0.2) is 0 Å². The molecule has 1 aliphatic rings. The van der Waals surface area contributed by atoms with Gasteiger partial charge < -0.3 is 19.7 Å². The first-order valence-electron chi connectivity index (χ1n) is 7.41. The third kappa shape index (κ3) is 5.02. The van der Waals surface area contributed by atoms with Gasteiger partial charge in [0.1, 0.15) is 17.9 Å². The average molecular weight is 298 g/mol. The Morgan fingerprint density at radius 3 is 2.43 bits per heavy atom. The van der Waals surface area contributed by atoms with Crippen LogP contribution in [0.3, 0.4) is 0 Å². The van der Waals surface area contributed by atoms with Crippen molar-refractivity contribution in [3.8, 4) is 0 Å².